The Bertz CT molecular complexity index is 706. The second-order valence-electron chi connectivity index (χ2n) is 6.32. The third kappa shape index (κ3) is 4.28. The molecule has 7 heteroatoms. The number of rotatable bonds is 4. The lowest BCUT2D eigenvalue weighted by atomic mass is 10.1. The molecule has 5 nitrogen and oxygen atoms in total. The first-order valence-electron chi connectivity index (χ1n) is 7.24. The van der Waals surface area contributed by atoms with Crippen molar-refractivity contribution in [2.45, 2.75) is 39.3 Å². The zero-order valence-electron chi connectivity index (χ0n) is 13.5. The van der Waals surface area contributed by atoms with Crippen molar-refractivity contribution in [3.63, 3.8) is 0 Å². The summed E-state index contributed by atoms with van der Waals surface area (Å²) in [6.45, 7) is 7.65. The molecule has 0 saturated heterocycles. The number of hydrogen-bond donors (Lipinski definition) is 2. The molecule has 1 aromatic heterocycles. The first-order chi connectivity index (χ1) is 10.7. The van der Waals surface area contributed by atoms with E-state index in [1.54, 1.807) is 24.0 Å². The molecule has 0 radical (unpaired) electrons. The van der Waals surface area contributed by atoms with Crippen LogP contribution in [0.4, 0.5) is 20.2 Å². The van der Waals surface area contributed by atoms with Gasteiger partial charge in [-0.15, -0.1) is 0 Å². The summed E-state index contributed by atoms with van der Waals surface area (Å²) >= 11 is 0. The van der Waals surface area contributed by atoms with Gasteiger partial charge in [-0.1, -0.05) is 0 Å². The Balaban J connectivity index is 2.03. The van der Waals surface area contributed by atoms with Crippen LogP contribution in [0.2, 0.25) is 0 Å². The summed E-state index contributed by atoms with van der Waals surface area (Å²) in [6.07, 6.45) is 3.39. The van der Waals surface area contributed by atoms with E-state index < -0.39 is 23.6 Å². The predicted octanol–water partition coefficient (Wildman–Crippen LogP) is 3.36. The Hall–Kier alpha value is -2.44. The molecule has 124 valence electrons. The van der Waals surface area contributed by atoms with E-state index in [2.05, 4.69) is 15.7 Å². The lowest BCUT2D eigenvalue weighted by Gasteiger charge is -2.19. The Morgan fingerprint density at radius 2 is 2.00 bits per heavy atom. The number of carbonyl (C=O) groups is 1. The third-order valence-electron chi connectivity index (χ3n) is 3.23. The van der Waals surface area contributed by atoms with Crippen LogP contribution in [0.5, 0.6) is 0 Å². The summed E-state index contributed by atoms with van der Waals surface area (Å²) in [5, 5.41) is 9.56. The zero-order chi connectivity index (χ0) is 17.2. The molecule has 0 unspecified atom stereocenters. The lowest BCUT2D eigenvalue weighted by Crippen LogP contribution is -2.32. The van der Waals surface area contributed by atoms with E-state index in [9.17, 15) is 13.6 Å². The Labute approximate surface area is 133 Å². The highest BCUT2D eigenvalue weighted by molar-refractivity contribution is 5.96. The van der Waals surface area contributed by atoms with Gasteiger partial charge in [-0.2, -0.15) is 5.10 Å². The minimum absolute atomic E-state index is 0.171. The van der Waals surface area contributed by atoms with Crippen LogP contribution in [0.1, 0.15) is 27.7 Å². The lowest BCUT2D eigenvalue weighted by molar-refractivity contribution is -0.116. The maximum atomic E-state index is 13.5. The first-order valence-corrected chi connectivity index (χ1v) is 7.24. The van der Waals surface area contributed by atoms with Crippen molar-refractivity contribution in [3.05, 3.63) is 42.2 Å². The molecule has 0 spiro atoms. The van der Waals surface area contributed by atoms with E-state index in [4.69, 9.17) is 0 Å². The summed E-state index contributed by atoms with van der Waals surface area (Å²) in [4.78, 5) is 12.1. The van der Waals surface area contributed by atoms with Gasteiger partial charge >= 0.3 is 0 Å². The molecule has 0 fully saturated rings. The van der Waals surface area contributed by atoms with Crippen molar-refractivity contribution in [3.8, 4) is 0 Å². The molecule has 0 bridgehead atoms. The molecular weight excluding hydrogens is 302 g/mol. The minimum atomic E-state index is -0.687. The van der Waals surface area contributed by atoms with Gasteiger partial charge in [0.1, 0.15) is 17.7 Å². The average Bonchev–Trinajstić information content (AvgIpc) is 2.91. The van der Waals surface area contributed by atoms with Crippen LogP contribution in [0, 0.1) is 11.6 Å². The Morgan fingerprint density at radius 1 is 1.30 bits per heavy atom. The molecule has 23 heavy (non-hydrogen) atoms. The Kier molecular flexibility index (Phi) is 4.68. The third-order valence-corrected chi connectivity index (χ3v) is 3.23. The molecular formula is C16H20F2N4O. The fraction of sp³-hybridized carbons (Fsp3) is 0.375. The van der Waals surface area contributed by atoms with Gasteiger partial charge in [0, 0.05) is 12.3 Å². The van der Waals surface area contributed by atoms with Gasteiger partial charge < -0.3 is 10.6 Å². The van der Waals surface area contributed by atoms with Gasteiger partial charge in [0.25, 0.3) is 0 Å². The van der Waals surface area contributed by atoms with Crippen LogP contribution in [0.15, 0.2) is 30.6 Å². The van der Waals surface area contributed by atoms with Crippen molar-refractivity contribution in [2.24, 2.45) is 0 Å². The quantitative estimate of drug-likeness (QED) is 0.907. The molecule has 1 heterocycles. The van der Waals surface area contributed by atoms with E-state index >= 15 is 0 Å². The van der Waals surface area contributed by atoms with Gasteiger partial charge in [0.05, 0.1) is 23.1 Å². The van der Waals surface area contributed by atoms with Crippen molar-refractivity contribution in [1.82, 2.24) is 9.78 Å². The average molecular weight is 322 g/mol. The largest absolute Gasteiger partial charge is 0.371 e. The monoisotopic (exact) mass is 322 g/mol. The van der Waals surface area contributed by atoms with Crippen molar-refractivity contribution < 1.29 is 13.6 Å². The number of aromatic nitrogens is 2. The molecule has 0 aliphatic rings. The van der Waals surface area contributed by atoms with Gasteiger partial charge in [0.2, 0.25) is 5.91 Å². The molecule has 2 rings (SSSR count). The molecule has 0 saturated carbocycles. The van der Waals surface area contributed by atoms with Crippen molar-refractivity contribution in [1.29, 1.82) is 0 Å². The number of hydrogen-bond acceptors (Lipinski definition) is 3. The maximum Gasteiger partial charge on any atom is 0.246 e. The fourth-order valence-corrected chi connectivity index (χ4v) is 1.91. The predicted molar refractivity (Wildman–Crippen MR) is 85.3 cm³/mol. The Morgan fingerprint density at radius 3 is 2.61 bits per heavy atom. The fourth-order valence-electron chi connectivity index (χ4n) is 1.91. The van der Waals surface area contributed by atoms with E-state index in [0.29, 0.717) is 5.69 Å². The maximum absolute atomic E-state index is 13.5. The molecule has 0 aliphatic carbocycles. The van der Waals surface area contributed by atoms with Crippen LogP contribution in [-0.4, -0.2) is 21.7 Å². The van der Waals surface area contributed by atoms with Crippen LogP contribution >= 0.6 is 0 Å². The van der Waals surface area contributed by atoms with Crippen molar-refractivity contribution in [2.75, 3.05) is 10.6 Å². The van der Waals surface area contributed by atoms with E-state index in [0.717, 1.165) is 18.2 Å². The summed E-state index contributed by atoms with van der Waals surface area (Å²) in [5.41, 5.74) is 0.312. The molecule has 2 N–H and O–H groups in total. The van der Waals surface area contributed by atoms with Crippen LogP contribution in [0.3, 0.4) is 0 Å². The SMILES string of the molecule is C[C@@H](Nc1cnn(C(C)(C)C)c1)C(=O)Nc1cc(F)ccc1F. The summed E-state index contributed by atoms with van der Waals surface area (Å²) in [5.74, 6) is -1.78. The molecule has 1 amide bonds. The smallest absolute Gasteiger partial charge is 0.246 e. The highest BCUT2D eigenvalue weighted by Crippen LogP contribution is 2.18. The number of halogens is 2. The number of amides is 1. The highest BCUT2D eigenvalue weighted by Gasteiger charge is 2.18. The minimum Gasteiger partial charge on any atom is -0.371 e. The summed E-state index contributed by atoms with van der Waals surface area (Å²) < 4.78 is 28.4. The first kappa shape index (κ1) is 16.9. The van der Waals surface area contributed by atoms with E-state index in [-0.39, 0.29) is 11.2 Å². The van der Waals surface area contributed by atoms with E-state index in [1.807, 2.05) is 20.8 Å². The van der Waals surface area contributed by atoms with Crippen LogP contribution in [0.25, 0.3) is 0 Å². The number of nitrogens with one attached hydrogen (secondary N) is 2. The molecule has 0 aliphatic heterocycles. The van der Waals surface area contributed by atoms with Gasteiger partial charge in [0.15, 0.2) is 0 Å². The number of nitrogens with zero attached hydrogens (tertiary/aromatic N) is 2. The molecule has 1 aromatic carbocycles. The summed E-state index contributed by atoms with van der Waals surface area (Å²) in [7, 11) is 0. The number of carbonyl (C=O) groups excluding carboxylic acids is 1. The molecule has 1 atom stereocenters. The van der Waals surface area contributed by atoms with Crippen LogP contribution in [-0.2, 0) is 10.3 Å². The molecule has 2 aromatic rings. The topological polar surface area (TPSA) is 59.0 Å². The van der Waals surface area contributed by atoms with Crippen LogP contribution < -0.4 is 10.6 Å². The highest BCUT2D eigenvalue weighted by atomic mass is 19.1. The summed E-state index contributed by atoms with van der Waals surface area (Å²) in [6, 6.07) is 2.26. The van der Waals surface area contributed by atoms with Gasteiger partial charge in [-0.05, 0) is 39.8 Å². The standard InChI is InChI=1S/C16H20F2N4O/c1-10(20-12-8-19-22(9-12)16(2,3)4)15(23)21-14-7-11(17)5-6-13(14)18/h5-10,20H,1-4H3,(H,21,23)/t10-/m1/s1. The zero-order valence-corrected chi connectivity index (χ0v) is 13.5. The normalized spacial score (nSPS) is 12.8. The number of anilines is 2. The second-order valence-corrected chi connectivity index (χ2v) is 6.32. The number of benzene rings is 1. The van der Waals surface area contributed by atoms with Gasteiger partial charge in [-0.25, -0.2) is 8.78 Å². The van der Waals surface area contributed by atoms with Crippen molar-refractivity contribution >= 4 is 17.3 Å². The van der Waals surface area contributed by atoms with E-state index in [1.165, 1.54) is 0 Å². The van der Waals surface area contributed by atoms with Gasteiger partial charge in [-0.3, -0.25) is 9.48 Å². The second kappa shape index (κ2) is 6.36.